The molecule has 1 heterocycles. The van der Waals surface area contributed by atoms with Crippen LogP contribution >= 0.6 is 0 Å². The Bertz CT molecular complexity index is 1330. The van der Waals surface area contributed by atoms with Crippen molar-refractivity contribution in [2.24, 2.45) is 5.92 Å². The fourth-order valence-corrected chi connectivity index (χ4v) is 4.58. The predicted octanol–water partition coefficient (Wildman–Crippen LogP) is 6.14. The zero-order valence-electron chi connectivity index (χ0n) is 22.8. The molecule has 3 aromatic rings. The van der Waals surface area contributed by atoms with Crippen molar-refractivity contribution >= 4 is 17.4 Å². The van der Waals surface area contributed by atoms with Crippen molar-refractivity contribution in [2.75, 3.05) is 20.3 Å². The maximum absolute atomic E-state index is 13.4. The molecule has 0 saturated carbocycles. The SMILES string of the molecule is CCOc1ccc(/C(O)=C2\C(=O)C(=O)N(Cc3ccccc3)C2c2ccc(OCCC(C)C)c(OC)c2)cc1. The Balaban J connectivity index is 1.79. The van der Waals surface area contributed by atoms with E-state index in [-0.39, 0.29) is 17.9 Å². The number of carbonyl (C=O) groups excluding carboxylic acids is 2. The minimum Gasteiger partial charge on any atom is -0.507 e. The lowest BCUT2D eigenvalue weighted by Gasteiger charge is -2.26. The quantitative estimate of drug-likeness (QED) is 0.182. The summed E-state index contributed by atoms with van der Waals surface area (Å²) in [5.41, 5.74) is 1.94. The average Bonchev–Trinajstić information content (AvgIpc) is 3.18. The first-order valence-electron chi connectivity index (χ1n) is 13.2. The molecule has 0 bridgehead atoms. The van der Waals surface area contributed by atoms with E-state index in [4.69, 9.17) is 14.2 Å². The van der Waals surface area contributed by atoms with Crippen molar-refractivity contribution in [3.05, 3.63) is 95.1 Å². The van der Waals surface area contributed by atoms with Crippen LogP contribution in [0.5, 0.6) is 17.2 Å². The summed E-state index contributed by atoms with van der Waals surface area (Å²) in [5.74, 6) is 0.555. The zero-order chi connectivity index (χ0) is 27.9. The van der Waals surface area contributed by atoms with E-state index >= 15 is 0 Å². The maximum atomic E-state index is 13.4. The van der Waals surface area contributed by atoms with Gasteiger partial charge in [-0.15, -0.1) is 0 Å². The molecule has 4 rings (SSSR count). The van der Waals surface area contributed by atoms with Gasteiger partial charge in [-0.05, 0) is 66.8 Å². The first-order chi connectivity index (χ1) is 18.8. The lowest BCUT2D eigenvalue weighted by molar-refractivity contribution is -0.140. The number of rotatable bonds is 11. The molecule has 1 aliphatic heterocycles. The largest absolute Gasteiger partial charge is 0.507 e. The second kappa shape index (κ2) is 12.5. The minimum atomic E-state index is -0.824. The number of aliphatic hydroxyl groups is 1. The van der Waals surface area contributed by atoms with Crippen molar-refractivity contribution in [2.45, 2.75) is 39.8 Å². The number of ketones is 1. The van der Waals surface area contributed by atoms with Gasteiger partial charge < -0.3 is 24.2 Å². The molecule has 1 amide bonds. The van der Waals surface area contributed by atoms with Crippen LogP contribution in [0.15, 0.2) is 78.4 Å². The molecule has 0 aliphatic carbocycles. The van der Waals surface area contributed by atoms with Crippen LogP contribution in [0.4, 0.5) is 0 Å². The third-order valence-electron chi connectivity index (χ3n) is 6.63. The third-order valence-corrected chi connectivity index (χ3v) is 6.63. The normalized spacial score (nSPS) is 16.5. The van der Waals surface area contributed by atoms with Gasteiger partial charge in [0.25, 0.3) is 11.7 Å². The molecule has 7 heteroatoms. The van der Waals surface area contributed by atoms with Gasteiger partial charge in [-0.1, -0.05) is 50.2 Å². The van der Waals surface area contributed by atoms with Gasteiger partial charge >= 0.3 is 0 Å². The van der Waals surface area contributed by atoms with Gasteiger partial charge in [-0.3, -0.25) is 9.59 Å². The molecule has 1 aliphatic rings. The number of hydrogen-bond donors (Lipinski definition) is 1. The fraction of sp³-hybridized carbons (Fsp3) is 0.312. The summed E-state index contributed by atoms with van der Waals surface area (Å²) in [4.78, 5) is 28.3. The Morgan fingerprint density at radius 2 is 1.67 bits per heavy atom. The molecule has 39 heavy (non-hydrogen) atoms. The topological polar surface area (TPSA) is 85.3 Å². The van der Waals surface area contributed by atoms with E-state index in [9.17, 15) is 14.7 Å². The van der Waals surface area contributed by atoms with Crippen molar-refractivity contribution < 1.29 is 28.9 Å². The van der Waals surface area contributed by atoms with Crippen LogP contribution in [0.1, 0.15) is 49.9 Å². The number of methoxy groups -OCH3 is 1. The Labute approximate surface area is 229 Å². The van der Waals surface area contributed by atoms with Crippen LogP contribution in [0.3, 0.4) is 0 Å². The lowest BCUT2D eigenvalue weighted by atomic mass is 9.94. The molecule has 204 valence electrons. The third kappa shape index (κ3) is 6.25. The molecule has 1 N–H and O–H groups in total. The van der Waals surface area contributed by atoms with Gasteiger partial charge in [0.2, 0.25) is 0 Å². The molecule has 3 aromatic carbocycles. The molecule has 1 fully saturated rings. The summed E-state index contributed by atoms with van der Waals surface area (Å²) < 4.78 is 17.1. The highest BCUT2D eigenvalue weighted by Gasteiger charge is 2.46. The van der Waals surface area contributed by atoms with Gasteiger partial charge in [0, 0.05) is 12.1 Å². The van der Waals surface area contributed by atoms with Crippen LogP contribution in [0, 0.1) is 5.92 Å². The monoisotopic (exact) mass is 529 g/mol. The van der Waals surface area contributed by atoms with Gasteiger partial charge in [-0.2, -0.15) is 0 Å². The van der Waals surface area contributed by atoms with Crippen LogP contribution < -0.4 is 14.2 Å². The van der Waals surface area contributed by atoms with Crippen LogP contribution in [0.25, 0.3) is 5.76 Å². The number of carbonyl (C=O) groups is 2. The Hall–Kier alpha value is -4.26. The predicted molar refractivity (Wildman–Crippen MR) is 150 cm³/mol. The van der Waals surface area contributed by atoms with E-state index in [0.717, 1.165) is 12.0 Å². The highest BCUT2D eigenvalue weighted by atomic mass is 16.5. The number of likely N-dealkylation sites (tertiary alicyclic amines) is 1. The summed E-state index contributed by atoms with van der Waals surface area (Å²) in [6.07, 6.45) is 0.893. The smallest absolute Gasteiger partial charge is 0.295 e. The summed E-state index contributed by atoms with van der Waals surface area (Å²) in [7, 11) is 1.55. The molecular weight excluding hydrogens is 494 g/mol. The van der Waals surface area contributed by atoms with Gasteiger partial charge in [0.15, 0.2) is 11.5 Å². The maximum Gasteiger partial charge on any atom is 0.295 e. The molecular formula is C32H35NO6. The van der Waals surface area contributed by atoms with Crippen molar-refractivity contribution in [1.29, 1.82) is 0 Å². The first-order valence-corrected chi connectivity index (χ1v) is 13.2. The summed E-state index contributed by atoms with van der Waals surface area (Å²) in [5, 5.41) is 11.4. The van der Waals surface area contributed by atoms with E-state index in [1.54, 1.807) is 43.5 Å². The van der Waals surface area contributed by atoms with Crippen molar-refractivity contribution in [3.8, 4) is 17.2 Å². The van der Waals surface area contributed by atoms with E-state index in [0.29, 0.717) is 47.5 Å². The number of Topliss-reactive ketones (excluding diaryl/α,β-unsaturated/α-hetero) is 1. The molecule has 7 nitrogen and oxygen atoms in total. The van der Waals surface area contributed by atoms with Crippen LogP contribution in [0.2, 0.25) is 0 Å². The highest BCUT2D eigenvalue weighted by molar-refractivity contribution is 6.46. The Morgan fingerprint density at radius 3 is 2.31 bits per heavy atom. The summed E-state index contributed by atoms with van der Waals surface area (Å²) in [6, 6.07) is 20.8. The number of amides is 1. The van der Waals surface area contributed by atoms with Gasteiger partial charge in [0.1, 0.15) is 11.5 Å². The summed E-state index contributed by atoms with van der Waals surface area (Å²) in [6.45, 7) is 7.39. The fourth-order valence-electron chi connectivity index (χ4n) is 4.58. The standard InChI is InChI=1S/C32H35NO6/c1-5-38-25-14-11-23(12-15-25)30(34)28-29(33(32(36)31(28)35)20-22-9-7-6-8-10-22)24-13-16-26(27(19-24)37-4)39-18-17-21(2)3/h6-16,19,21,29,34H,5,17-18,20H2,1-4H3/b30-28+. The second-order valence-corrected chi connectivity index (χ2v) is 9.81. The molecule has 1 saturated heterocycles. The lowest BCUT2D eigenvalue weighted by Crippen LogP contribution is -2.29. The molecule has 0 aromatic heterocycles. The average molecular weight is 530 g/mol. The van der Waals surface area contributed by atoms with Crippen LogP contribution in [-0.4, -0.2) is 42.0 Å². The molecule has 0 radical (unpaired) electrons. The first kappa shape index (κ1) is 27.8. The van der Waals surface area contributed by atoms with E-state index < -0.39 is 17.7 Å². The van der Waals surface area contributed by atoms with Crippen molar-refractivity contribution in [1.82, 2.24) is 4.90 Å². The van der Waals surface area contributed by atoms with E-state index in [1.807, 2.05) is 43.3 Å². The molecule has 1 unspecified atom stereocenters. The number of hydrogen-bond acceptors (Lipinski definition) is 6. The number of ether oxygens (including phenoxy) is 3. The van der Waals surface area contributed by atoms with E-state index in [2.05, 4.69) is 13.8 Å². The number of aliphatic hydroxyl groups excluding tert-OH is 1. The van der Waals surface area contributed by atoms with Crippen LogP contribution in [-0.2, 0) is 16.1 Å². The Kier molecular flexibility index (Phi) is 8.92. The number of benzene rings is 3. The van der Waals surface area contributed by atoms with E-state index in [1.165, 1.54) is 4.90 Å². The Morgan fingerprint density at radius 1 is 0.949 bits per heavy atom. The van der Waals surface area contributed by atoms with Crippen molar-refractivity contribution in [3.63, 3.8) is 0 Å². The zero-order valence-corrected chi connectivity index (χ0v) is 22.8. The number of nitrogens with zero attached hydrogens (tertiary/aromatic N) is 1. The minimum absolute atomic E-state index is 0.0237. The van der Waals surface area contributed by atoms with Gasteiger partial charge in [0.05, 0.1) is 31.9 Å². The molecule has 0 spiro atoms. The second-order valence-electron chi connectivity index (χ2n) is 9.81. The summed E-state index contributed by atoms with van der Waals surface area (Å²) >= 11 is 0. The molecule has 1 atom stereocenters. The highest BCUT2D eigenvalue weighted by Crippen LogP contribution is 2.42. The van der Waals surface area contributed by atoms with Gasteiger partial charge in [-0.25, -0.2) is 0 Å².